The molecule has 0 aliphatic heterocycles. The molecule has 2 aromatic heterocycles. The lowest BCUT2D eigenvalue weighted by Crippen LogP contribution is -2.10. The Morgan fingerprint density at radius 2 is 2.14 bits per heavy atom. The van der Waals surface area contributed by atoms with Crippen molar-refractivity contribution in [1.29, 1.82) is 0 Å². The van der Waals surface area contributed by atoms with Gasteiger partial charge in [0.2, 0.25) is 0 Å². The highest BCUT2D eigenvalue weighted by molar-refractivity contribution is 6.36. The molecular formula is C8H5Cl2N3O. The predicted molar refractivity (Wildman–Crippen MR) is 53.7 cm³/mol. The lowest BCUT2D eigenvalue weighted by Gasteiger charge is -1.95. The Morgan fingerprint density at radius 3 is 2.79 bits per heavy atom. The number of aromatic nitrogens is 2. The van der Waals surface area contributed by atoms with E-state index in [0.717, 1.165) is 0 Å². The number of nitrogens with zero attached hydrogens (tertiary/aromatic N) is 2. The second-order valence-electron chi connectivity index (χ2n) is 2.73. The van der Waals surface area contributed by atoms with Crippen molar-refractivity contribution < 1.29 is 4.79 Å². The SMILES string of the molecule is NC(=O)c1cn2cc(Cl)cc(Cl)c2n1. The zero-order valence-electron chi connectivity index (χ0n) is 6.87. The van der Waals surface area contributed by atoms with E-state index in [-0.39, 0.29) is 5.69 Å². The third-order valence-electron chi connectivity index (χ3n) is 1.73. The second kappa shape index (κ2) is 3.15. The third kappa shape index (κ3) is 1.42. The molecule has 2 rings (SSSR count). The Labute approximate surface area is 89.2 Å². The van der Waals surface area contributed by atoms with E-state index >= 15 is 0 Å². The molecule has 0 fully saturated rings. The van der Waals surface area contributed by atoms with Gasteiger partial charge in [-0.25, -0.2) is 4.98 Å². The smallest absolute Gasteiger partial charge is 0.268 e. The van der Waals surface area contributed by atoms with Crippen molar-refractivity contribution in [3.8, 4) is 0 Å². The van der Waals surface area contributed by atoms with Crippen molar-refractivity contribution in [1.82, 2.24) is 9.38 Å². The number of hydrogen-bond donors (Lipinski definition) is 1. The van der Waals surface area contributed by atoms with Gasteiger partial charge in [-0.3, -0.25) is 4.79 Å². The summed E-state index contributed by atoms with van der Waals surface area (Å²) in [6, 6.07) is 1.55. The molecule has 0 spiro atoms. The number of halogens is 2. The minimum Gasteiger partial charge on any atom is -0.364 e. The van der Waals surface area contributed by atoms with E-state index in [9.17, 15) is 4.79 Å². The van der Waals surface area contributed by atoms with Crippen LogP contribution in [0.4, 0.5) is 0 Å². The monoisotopic (exact) mass is 229 g/mol. The van der Waals surface area contributed by atoms with Gasteiger partial charge in [-0.1, -0.05) is 23.2 Å². The van der Waals surface area contributed by atoms with Crippen LogP contribution in [0, 0.1) is 0 Å². The van der Waals surface area contributed by atoms with Gasteiger partial charge >= 0.3 is 0 Å². The zero-order chi connectivity index (χ0) is 10.3. The third-order valence-corrected chi connectivity index (χ3v) is 2.21. The van der Waals surface area contributed by atoms with Crippen LogP contribution < -0.4 is 5.73 Å². The summed E-state index contributed by atoms with van der Waals surface area (Å²) < 4.78 is 1.56. The summed E-state index contributed by atoms with van der Waals surface area (Å²) in [4.78, 5) is 14.8. The molecule has 2 aromatic rings. The van der Waals surface area contributed by atoms with Gasteiger partial charge in [-0.05, 0) is 6.07 Å². The summed E-state index contributed by atoms with van der Waals surface area (Å²) >= 11 is 11.6. The van der Waals surface area contributed by atoms with Crippen LogP contribution in [0.15, 0.2) is 18.5 Å². The average molecular weight is 230 g/mol. The molecule has 0 saturated heterocycles. The van der Waals surface area contributed by atoms with Crippen LogP contribution in [0.25, 0.3) is 5.65 Å². The van der Waals surface area contributed by atoms with E-state index in [2.05, 4.69) is 4.98 Å². The highest BCUT2D eigenvalue weighted by Gasteiger charge is 2.09. The summed E-state index contributed by atoms with van der Waals surface area (Å²) in [6.07, 6.45) is 3.08. The van der Waals surface area contributed by atoms with Gasteiger partial charge in [-0.2, -0.15) is 0 Å². The molecule has 0 saturated carbocycles. The van der Waals surface area contributed by atoms with E-state index in [0.29, 0.717) is 15.7 Å². The molecule has 2 N–H and O–H groups in total. The Balaban J connectivity index is 2.76. The first-order valence-electron chi connectivity index (χ1n) is 3.71. The Morgan fingerprint density at radius 1 is 1.43 bits per heavy atom. The van der Waals surface area contributed by atoms with Gasteiger partial charge in [0, 0.05) is 12.4 Å². The van der Waals surface area contributed by atoms with Crippen molar-refractivity contribution in [2.45, 2.75) is 0 Å². The van der Waals surface area contributed by atoms with Gasteiger partial charge in [0.15, 0.2) is 5.65 Å². The summed E-state index contributed by atoms with van der Waals surface area (Å²) in [5.74, 6) is -0.596. The number of rotatable bonds is 1. The maximum Gasteiger partial charge on any atom is 0.268 e. The van der Waals surface area contributed by atoms with E-state index in [4.69, 9.17) is 28.9 Å². The molecule has 0 aliphatic carbocycles. The fraction of sp³-hybridized carbons (Fsp3) is 0. The largest absolute Gasteiger partial charge is 0.364 e. The van der Waals surface area contributed by atoms with Crippen LogP contribution in [0.5, 0.6) is 0 Å². The molecule has 2 heterocycles. The Kier molecular flexibility index (Phi) is 2.09. The molecule has 0 unspecified atom stereocenters. The summed E-state index contributed by atoms with van der Waals surface area (Å²) in [5, 5.41) is 0.848. The number of carbonyl (C=O) groups is 1. The topological polar surface area (TPSA) is 60.4 Å². The number of carbonyl (C=O) groups excluding carboxylic acids is 1. The summed E-state index contributed by atoms with van der Waals surface area (Å²) in [6.45, 7) is 0. The fourth-order valence-corrected chi connectivity index (χ4v) is 1.67. The summed E-state index contributed by atoms with van der Waals surface area (Å²) in [7, 11) is 0. The second-order valence-corrected chi connectivity index (χ2v) is 3.57. The quantitative estimate of drug-likeness (QED) is 0.810. The molecule has 0 aromatic carbocycles. The van der Waals surface area contributed by atoms with E-state index in [1.54, 1.807) is 16.7 Å². The highest BCUT2D eigenvalue weighted by atomic mass is 35.5. The maximum atomic E-state index is 10.8. The standard InChI is InChI=1S/C8H5Cl2N3O/c9-4-1-5(10)8-12-6(7(11)14)3-13(8)2-4/h1-3H,(H2,11,14). The van der Waals surface area contributed by atoms with Gasteiger partial charge in [-0.15, -0.1) is 0 Å². The number of hydrogen-bond acceptors (Lipinski definition) is 2. The Hall–Kier alpha value is -1.26. The molecule has 0 radical (unpaired) electrons. The van der Waals surface area contributed by atoms with Crippen LogP contribution in [-0.2, 0) is 0 Å². The van der Waals surface area contributed by atoms with Gasteiger partial charge in [0.05, 0.1) is 10.0 Å². The molecular weight excluding hydrogens is 225 g/mol. The fourth-order valence-electron chi connectivity index (χ4n) is 1.14. The molecule has 0 aliphatic rings. The number of amides is 1. The first kappa shape index (κ1) is 9.30. The van der Waals surface area contributed by atoms with Crippen LogP contribution in [0.2, 0.25) is 10.0 Å². The van der Waals surface area contributed by atoms with Crippen molar-refractivity contribution in [3.63, 3.8) is 0 Å². The first-order valence-corrected chi connectivity index (χ1v) is 4.47. The Bertz CT molecular complexity index is 521. The minimum atomic E-state index is -0.596. The molecule has 0 bridgehead atoms. The first-order chi connectivity index (χ1) is 6.58. The average Bonchev–Trinajstić information content (AvgIpc) is 2.47. The predicted octanol–water partition coefficient (Wildman–Crippen LogP) is 1.74. The van der Waals surface area contributed by atoms with Gasteiger partial charge in [0.1, 0.15) is 5.69 Å². The molecule has 4 nitrogen and oxygen atoms in total. The van der Waals surface area contributed by atoms with Crippen LogP contribution in [-0.4, -0.2) is 15.3 Å². The molecule has 72 valence electrons. The van der Waals surface area contributed by atoms with Crippen molar-refractivity contribution in [2.75, 3.05) is 0 Å². The zero-order valence-corrected chi connectivity index (χ0v) is 8.38. The van der Waals surface area contributed by atoms with Crippen molar-refractivity contribution >= 4 is 34.8 Å². The molecule has 0 atom stereocenters. The van der Waals surface area contributed by atoms with Crippen LogP contribution >= 0.6 is 23.2 Å². The molecule has 1 amide bonds. The van der Waals surface area contributed by atoms with Crippen molar-refractivity contribution in [2.24, 2.45) is 5.73 Å². The number of nitrogens with two attached hydrogens (primary N) is 1. The summed E-state index contributed by atoms with van der Waals surface area (Å²) in [5.41, 5.74) is 5.70. The lowest BCUT2D eigenvalue weighted by molar-refractivity contribution is 0.0996. The van der Waals surface area contributed by atoms with Crippen LogP contribution in [0.3, 0.4) is 0 Å². The van der Waals surface area contributed by atoms with E-state index in [1.165, 1.54) is 6.20 Å². The van der Waals surface area contributed by atoms with Crippen LogP contribution in [0.1, 0.15) is 10.5 Å². The van der Waals surface area contributed by atoms with E-state index < -0.39 is 5.91 Å². The van der Waals surface area contributed by atoms with Crippen molar-refractivity contribution in [3.05, 3.63) is 34.2 Å². The van der Waals surface area contributed by atoms with Gasteiger partial charge < -0.3 is 10.1 Å². The van der Waals surface area contributed by atoms with Gasteiger partial charge in [0.25, 0.3) is 5.91 Å². The number of pyridine rings is 1. The molecule has 6 heteroatoms. The highest BCUT2D eigenvalue weighted by Crippen LogP contribution is 2.21. The number of primary amides is 1. The minimum absolute atomic E-state index is 0.161. The normalized spacial score (nSPS) is 10.7. The molecule has 14 heavy (non-hydrogen) atoms. The number of imidazole rings is 1. The lowest BCUT2D eigenvalue weighted by atomic mass is 10.5. The maximum absolute atomic E-state index is 10.8. The van der Waals surface area contributed by atoms with E-state index in [1.807, 2.05) is 0 Å². The number of fused-ring (bicyclic) bond motifs is 1.